The van der Waals surface area contributed by atoms with E-state index in [-0.39, 0.29) is 25.6 Å². The second kappa shape index (κ2) is 7.46. The van der Waals surface area contributed by atoms with Crippen LogP contribution in [0.3, 0.4) is 0 Å². The number of carbonyl (C=O) groups is 1. The SMILES string of the molecule is CC(C)(C)OC(=O)NCc1ccc2c(c1)COCCn1cc(C(F)(F)F)nc1-2. The first kappa shape index (κ1) is 20.2. The summed E-state index contributed by atoms with van der Waals surface area (Å²) in [7, 11) is 0. The van der Waals surface area contributed by atoms with Crippen LogP contribution in [0.5, 0.6) is 0 Å². The van der Waals surface area contributed by atoms with Gasteiger partial charge in [-0.25, -0.2) is 9.78 Å². The van der Waals surface area contributed by atoms with Gasteiger partial charge in [-0.3, -0.25) is 0 Å². The van der Waals surface area contributed by atoms with Gasteiger partial charge in [0.1, 0.15) is 11.4 Å². The largest absolute Gasteiger partial charge is 0.444 e. The molecule has 1 aromatic carbocycles. The first-order chi connectivity index (χ1) is 13.0. The van der Waals surface area contributed by atoms with Crippen molar-refractivity contribution in [3.63, 3.8) is 0 Å². The third-order valence-corrected chi connectivity index (χ3v) is 4.05. The highest BCUT2D eigenvalue weighted by molar-refractivity contribution is 5.68. The molecular weight excluding hydrogens is 375 g/mol. The Hall–Kier alpha value is -2.55. The van der Waals surface area contributed by atoms with E-state index < -0.39 is 23.6 Å². The van der Waals surface area contributed by atoms with Crippen molar-refractivity contribution >= 4 is 6.09 Å². The lowest BCUT2D eigenvalue weighted by atomic mass is 10.0. The van der Waals surface area contributed by atoms with Gasteiger partial charge in [0.2, 0.25) is 0 Å². The van der Waals surface area contributed by atoms with Gasteiger partial charge < -0.3 is 19.4 Å². The Balaban J connectivity index is 1.84. The molecule has 9 heteroatoms. The van der Waals surface area contributed by atoms with Crippen LogP contribution in [0.15, 0.2) is 24.4 Å². The molecule has 0 saturated heterocycles. The summed E-state index contributed by atoms with van der Waals surface area (Å²) in [5.74, 6) is 0.261. The topological polar surface area (TPSA) is 65.4 Å². The first-order valence-electron chi connectivity index (χ1n) is 8.84. The molecule has 0 atom stereocenters. The Morgan fingerprint density at radius 3 is 2.75 bits per heavy atom. The van der Waals surface area contributed by atoms with Gasteiger partial charge in [-0.1, -0.05) is 18.2 Å². The predicted molar refractivity (Wildman–Crippen MR) is 95.4 cm³/mol. The van der Waals surface area contributed by atoms with Crippen molar-refractivity contribution in [1.82, 2.24) is 14.9 Å². The molecule has 6 nitrogen and oxygen atoms in total. The number of nitrogens with zero attached hydrogens (tertiary/aromatic N) is 2. The van der Waals surface area contributed by atoms with Gasteiger partial charge >= 0.3 is 12.3 Å². The normalized spacial score (nSPS) is 14.5. The molecule has 1 aliphatic rings. The standard InChI is InChI=1S/C19H22F3N3O3/c1-18(2,3)28-17(26)23-9-12-4-5-14-13(8-12)11-27-7-6-25-10-15(19(20,21)22)24-16(14)25/h4-5,8,10H,6-7,9,11H2,1-3H3,(H,23,26). The highest BCUT2D eigenvalue weighted by atomic mass is 19.4. The lowest BCUT2D eigenvalue weighted by Gasteiger charge is -2.20. The summed E-state index contributed by atoms with van der Waals surface area (Å²) in [6, 6.07) is 5.24. The molecule has 0 fully saturated rings. The van der Waals surface area contributed by atoms with Crippen LogP contribution in [-0.4, -0.2) is 27.9 Å². The first-order valence-corrected chi connectivity index (χ1v) is 8.84. The van der Waals surface area contributed by atoms with Crippen LogP contribution in [0, 0.1) is 0 Å². The van der Waals surface area contributed by atoms with Crippen molar-refractivity contribution in [3.8, 4) is 11.4 Å². The number of aromatic nitrogens is 2. The molecule has 2 heterocycles. The highest BCUT2D eigenvalue weighted by Crippen LogP contribution is 2.33. The fourth-order valence-corrected chi connectivity index (χ4v) is 2.87. The molecule has 0 saturated carbocycles. The number of imidazole rings is 1. The average molecular weight is 397 g/mol. The molecule has 2 aromatic rings. The predicted octanol–water partition coefficient (Wildman–Crippen LogP) is 4.12. The number of nitrogens with one attached hydrogen (secondary N) is 1. The molecule has 1 amide bonds. The molecule has 3 rings (SSSR count). The van der Waals surface area contributed by atoms with Gasteiger partial charge in [0.25, 0.3) is 0 Å². The van der Waals surface area contributed by atoms with Crippen molar-refractivity contribution in [3.05, 3.63) is 41.2 Å². The Kier molecular flexibility index (Phi) is 5.38. The number of halogens is 3. The maximum atomic E-state index is 13.1. The van der Waals surface area contributed by atoms with Crippen LogP contribution < -0.4 is 5.32 Å². The maximum Gasteiger partial charge on any atom is 0.434 e. The summed E-state index contributed by atoms with van der Waals surface area (Å²) < 4.78 is 51.4. The van der Waals surface area contributed by atoms with E-state index in [4.69, 9.17) is 9.47 Å². The maximum absolute atomic E-state index is 13.1. The minimum absolute atomic E-state index is 0.227. The molecule has 0 unspecified atom stereocenters. The third-order valence-electron chi connectivity index (χ3n) is 4.05. The Morgan fingerprint density at radius 1 is 1.32 bits per heavy atom. The van der Waals surface area contributed by atoms with E-state index in [9.17, 15) is 18.0 Å². The lowest BCUT2D eigenvalue weighted by Crippen LogP contribution is -2.32. The van der Waals surface area contributed by atoms with Crippen LogP contribution in [0.1, 0.15) is 37.6 Å². The molecule has 152 valence electrons. The molecule has 0 radical (unpaired) electrons. The van der Waals surface area contributed by atoms with Crippen LogP contribution >= 0.6 is 0 Å². The van der Waals surface area contributed by atoms with E-state index in [1.807, 2.05) is 0 Å². The number of benzene rings is 1. The number of rotatable bonds is 2. The molecule has 0 aliphatic carbocycles. The van der Waals surface area contributed by atoms with E-state index >= 15 is 0 Å². The van der Waals surface area contributed by atoms with Gasteiger partial charge in [0, 0.05) is 24.8 Å². The van der Waals surface area contributed by atoms with Crippen molar-refractivity contribution in [1.29, 1.82) is 0 Å². The second-order valence-electron chi connectivity index (χ2n) is 7.54. The number of alkyl halides is 3. The zero-order valence-corrected chi connectivity index (χ0v) is 15.9. The number of fused-ring (bicyclic) bond motifs is 3. The summed E-state index contributed by atoms with van der Waals surface area (Å²) in [6.07, 6.45) is -4.04. The van der Waals surface area contributed by atoms with Crippen LogP contribution in [0.25, 0.3) is 11.4 Å². The zero-order chi connectivity index (χ0) is 20.5. The Labute approximate surface area is 160 Å². The van der Waals surface area contributed by atoms with Crippen molar-refractivity contribution in [2.45, 2.75) is 52.2 Å². The summed E-state index contributed by atoms with van der Waals surface area (Å²) in [6.45, 7) is 6.36. The third kappa shape index (κ3) is 4.83. The average Bonchev–Trinajstić information content (AvgIpc) is 2.97. The van der Waals surface area contributed by atoms with E-state index in [2.05, 4.69) is 10.3 Å². The van der Waals surface area contributed by atoms with E-state index in [0.717, 1.165) is 11.8 Å². The smallest absolute Gasteiger partial charge is 0.434 e. The minimum atomic E-state index is -4.51. The van der Waals surface area contributed by atoms with Gasteiger partial charge in [0.05, 0.1) is 13.2 Å². The molecule has 1 aromatic heterocycles. The monoisotopic (exact) mass is 397 g/mol. The molecule has 0 spiro atoms. The lowest BCUT2D eigenvalue weighted by molar-refractivity contribution is -0.140. The van der Waals surface area contributed by atoms with E-state index in [1.165, 1.54) is 4.57 Å². The van der Waals surface area contributed by atoms with Crippen LogP contribution in [-0.2, 0) is 35.3 Å². The fraction of sp³-hybridized carbons (Fsp3) is 0.474. The molecular formula is C19H22F3N3O3. The van der Waals surface area contributed by atoms with Gasteiger partial charge in [0.15, 0.2) is 5.69 Å². The van der Waals surface area contributed by atoms with Crippen molar-refractivity contribution in [2.75, 3.05) is 6.61 Å². The zero-order valence-electron chi connectivity index (χ0n) is 15.9. The number of carbonyl (C=O) groups excluding carboxylic acids is 1. The van der Waals surface area contributed by atoms with Gasteiger partial charge in [-0.2, -0.15) is 13.2 Å². The summed E-state index contributed by atoms with van der Waals surface area (Å²) >= 11 is 0. The molecule has 28 heavy (non-hydrogen) atoms. The summed E-state index contributed by atoms with van der Waals surface area (Å²) in [5, 5.41) is 2.66. The molecule has 1 N–H and O–H groups in total. The minimum Gasteiger partial charge on any atom is -0.444 e. The highest BCUT2D eigenvalue weighted by Gasteiger charge is 2.35. The van der Waals surface area contributed by atoms with E-state index in [0.29, 0.717) is 17.7 Å². The Morgan fingerprint density at radius 2 is 2.07 bits per heavy atom. The van der Waals surface area contributed by atoms with Crippen molar-refractivity contribution in [2.24, 2.45) is 0 Å². The summed E-state index contributed by atoms with van der Waals surface area (Å²) in [5.41, 5.74) is 0.547. The van der Waals surface area contributed by atoms with E-state index in [1.54, 1.807) is 39.0 Å². The number of amides is 1. The number of hydrogen-bond acceptors (Lipinski definition) is 4. The quantitative estimate of drug-likeness (QED) is 0.828. The fourth-order valence-electron chi connectivity index (χ4n) is 2.87. The summed E-state index contributed by atoms with van der Waals surface area (Å²) in [4.78, 5) is 15.6. The van der Waals surface area contributed by atoms with Gasteiger partial charge in [-0.05, 0) is 31.9 Å². The number of alkyl carbamates (subject to hydrolysis) is 1. The molecule has 0 bridgehead atoms. The number of ether oxygens (including phenoxy) is 2. The molecule has 1 aliphatic heterocycles. The van der Waals surface area contributed by atoms with Crippen LogP contribution in [0.4, 0.5) is 18.0 Å². The Bertz CT molecular complexity index is 870. The number of hydrogen-bond donors (Lipinski definition) is 1. The second-order valence-corrected chi connectivity index (χ2v) is 7.54. The van der Waals surface area contributed by atoms with Crippen LogP contribution in [0.2, 0.25) is 0 Å². The van der Waals surface area contributed by atoms with Gasteiger partial charge in [-0.15, -0.1) is 0 Å². The van der Waals surface area contributed by atoms with Crippen molar-refractivity contribution < 1.29 is 27.4 Å².